The largest absolute Gasteiger partial charge is 0.356 e. The molecule has 1 amide bonds. The van der Waals surface area contributed by atoms with Gasteiger partial charge >= 0.3 is 0 Å². The van der Waals surface area contributed by atoms with Crippen LogP contribution < -0.4 is 5.32 Å². The first-order valence-corrected chi connectivity index (χ1v) is 9.55. The minimum atomic E-state index is 0.175. The number of amides is 1. The number of carbonyl (C=O) groups is 1. The molecule has 23 heavy (non-hydrogen) atoms. The van der Waals surface area contributed by atoms with Crippen molar-refractivity contribution >= 4 is 17.7 Å². The number of piperazine rings is 1. The minimum absolute atomic E-state index is 0.175. The molecule has 2 heterocycles. The fourth-order valence-electron chi connectivity index (χ4n) is 3.68. The van der Waals surface area contributed by atoms with Gasteiger partial charge in [-0.25, -0.2) is 0 Å². The zero-order valence-electron chi connectivity index (χ0n) is 14.0. The monoisotopic (exact) mass is 333 g/mol. The van der Waals surface area contributed by atoms with Crippen LogP contribution in [-0.2, 0) is 4.79 Å². The van der Waals surface area contributed by atoms with Gasteiger partial charge in [0, 0.05) is 55.3 Å². The summed E-state index contributed by atoms with van der Waals surface area (Å²) in [5.74, 6) is 1.34. The normalized spacial score (nSPS) is 26.9. The van der Waals surface area contributed by atoms with E-state index in [9.17, 15) is 4.79 Å². The van der Waals surface area contributed by atoms with Gasteiger partial charge < -0.3 is 5.32 Å². The van der Waals surface area contributed by atoms with Crippen molar-refractivity contribution in [3.8, 4) is 0 Å². The molecule has 0 unspecified atom stereocenters. The van der Waals surface area contributed by atoms with Gasteiger partial charge in [0.25, 0.3) is 0 Å². The van der Waals surface area contributed by atoms with Gasteiger partial charge in [0.05, 0.1) is 0 Å². The molecule has 2 fully saturated rings. The van der Waals surface area contributed by atoms with Gasteiger partial charge in [0.2, 0.25) is 5.91 Å². The highest BCUT2D eigenvalue weighted by Gasteiger charge is 2.40. The molecule has 0 bridgehead atoms. The summed E-state index contributed by atoms with van der Waals surface area (Å²) >= 11 is 1.93. The van der Waals surface area contributed by atoms with E-state index >= 15 is 0 Å². The lowest BCUT2D eigenvalue weighted by molar-refractivity contribution is -0.121. The molecule has 0 aromatic heterocycles. The van der Waals surface area contributed by atoms with E-state index in [0.29, 0.717) is 6.42 Å². The topological polar surface area (TPSA) is 35.6 Å². The Morgan fingerprint density at radius 1 is 1.22 bits per heavy atom. The van der Waals surface area contributed by atoms with Crippen molar-refractivity contribution in [3.63, 3.8) is 0 Å². The van der Waals surface area contributed by atoms with Gasteiger partial charge in [-0.3, -0.25) is 14.6 Å². The average Bonchev–Trinajstić information content (AvgIpc) is 2.75. The van der Waals surface area contributed by atoms with Crippen molar-refractivity contribution in [1.82, 2.24) is 15.1 Å². The standard InChI is InChI=1S/C18H27N3OS/c1-20-11-12-21(13-14-23-16-5-3-2-4-6-16)15-18(20)8-7-17(22)19-10-9-18/h2-6H,7-15H2,1H3,(H,19,22)/t18-/m1/s1. The first-order valence-electron chi connectivity index (χ1n) is 8.56. The molecule has 126 valence electrons. The number of nitrogens with zero attached hydrogens (tertiary/aromatic N) is 2. The third-order valence-corrected chi connectivity index (χ3v) is 6.22. The van der Waals surface area contributed by atoms with Gasteiger partial charge in [-0.15, -0.1) is 11.8 Å². The van der Waals surface area contributed by atoms with Crippen LogP contribution in [0.25, 0.3) is 0 Å². The molecule has 2 aliphatic heterocycles. The second-order valence-corrected chi connectivity index (χ2v) is 7.85. The number of carbonyl (C=O) groups excluding carboxylic acids is 1. The Hall–Kier alpha value is -1.04. The molecule has 1 spiro atoms. The third kappa shape index (κ3) is 4.28. The van der Waals surface area contributed by atoms with Gasteiger partial charge in [-0.05, 0) is 32.0 Å². The molecular formula is C18H27N3OS. The lowest BCUT2D eigenvalue weighted by Gasteiger charge is -2.49. The van der Waals surface area contributed by atoms with Gasteiger partial charge in [-0.2, -0.15) is 0 Å². The smallest absolute Gasteiger partial charge is 0.220 e. The van der Waals surface area contributed by atoms with Crippen LogP contribution in [0.4, 0.5) is 0 Å². The molecule has 0 radical (unpaired) electrons. The molecule has 1 N–H and O–H groups in total. The molecule has 0 saturated carbocycles. The Balaban J connectivity index is 1.54. The molecule has 2 saturated heterocycles. The quantitative estimate of drug-likeness (QED) is 0.856. The Morgan fingerprint density at radius 3 is 2.87 bits per heavy atom. The number of hydrogen-bond donors (Lipinski definition) is 1. The highest BCUT2D eigenvalue weighted by atomic mass is 32.2. The number of likely N-dealkylation sites (N-methyl/N-ethyl adjacent to an activating group) is 1. The molecule has 1 aromatic rings. The van der Waals surface area contributed by atoms with Crippen molar-refractivity contribution in [2.45, 2.75) is 29.7 Å². The van der Waals surface area contributed by atoms with E-state index in [0.717, 1.165) is 51.3 Å². The van der Waals surface area contributed by atoms with Crippen LogP contribution in [0.5, 0.6) is 0 Å². The summed E-state index contributed by atoms with van der Waals surface area (Å²) in [5.41, 5.74) is 0.175. The Kier molecular flexibility index (Phi) is 5.62. The van der Waals surface area contributed by atoms with E-state index in [1.165, 1.54) is 4.90 Å². The maximum atomic E-state index is 11.7. The van der Waals surface area contributed by atoms with Crippen molar-refractivity contribution in [1.29, 1.82) is 0 Å². The second kappa shape index (κ2) is 7.69. The van der Waals surface area contributed by atoms with Gasteiger partial charge in [-0.1, -0.05) is 18.2 Å². The predicted molar refractivity (Wildman–Crippen MR) is 95.8 cm³/mol. The van der Waals surface area contributed by atoms with Crippen LogP contribution in [0.15, 0.2) is 35.2 Å². The fourth-order valence-corrected chi connectivity index (χ4v) is 4.61. The first kappa shape index (κ1) is 16.8. The van der Waals surface area contributed by atoms with E-state index < -0.39 is 0 Å². The van der Waals surface area contributed by atoms with Crippen LogP contribution in [0.3, 0.4) is 0 Å². The minimum Gasteiger partial charge on any atom is -0.356 e. The van der Waals surface area contributed by atoms with Crippen LogP contribution in [0, 0.1) is 0 Å². The summed E-state index contributed by atoms with van der Waals surface area (Å²) in [6, 6.07) is 10.6. The molecule has 2 aliphatic rings. The number of hydrogen-bond acceptors (Lipinski definition) is 4. The van der Waals surface area contributed by atoms with E-state index in [1.807, 2.05) is 11.8 Å². The lowest BCUT2D eigenvalue weighted by atomic mass is 9.86. The summed E-state index contributed by atoms with van der Waals surface area (Å²) in [4.78, 5) is 18.1. The highest BCUT2D eigenvalue weighted by molar-refractivity contribution is 7.99. The van der Waals surface area contributed by atoms with Crippen molar-refractivity contribution in [2.75, 3.05) is 45.5 Å². The molecule has 5 heteroatoms. The highest BCUT2D eigenvalue weighted by Crippen LogP contribution is 2.30. The zero-order chi connectivity index (χ0) is 16.1. The summed E-state index contributed by atoms with van der Waals surface area (Å²) < 4.78 is 0. The maximum absolute atomic E-state index is 11.7. The summed E-state index contributed by atoms with van der Waals surface area (Å²) in [5, 5.41) is 3.03. The Labute approximate surface area is 143 Å². The summed E-state index contributed by atoms with van der Waals surface area (Å²) in [6.45, 7) is 5.26. The van der Waals surface area contributed by atoms with E-state index in [2.05, 4.69) is 52.5 Å². The predicted octanol–water partition coefficient (Wildman–Crippen LogP) is 2.06. The molecule has 4 nitrogen and oxygen atoms in total. The average molecular weight is 334 g/mol. The van der Waals surface area contributed by atoms with Crippen LogP contribution in [0.2, 0.25) is 0 Å². The second-order valence-electron chi connectivity index (χ2n) is 6.68. The maximum Gasteiger partial charge on any atom is 0.220 e. The number of nitrogens with one attached hydrogen (secondary N) is 1. The van der Waals surface area contributed by atoms with Crippen molar-refractivity contribution in [3.05, 3.63) is 30.3 Å². The van der Waals surface area contributed by atoms with Crippen LogP contribution in [0.1, 0.15) is 19.3 Å². The fraction of sp³-hybridized carbons (Fsp3) is 0.611. The lowest BCUT2D eigenvalue weighted by Crippen LogP contribution is -2.61. The van der Waals surface area contributed by atoms with Crippen LogP contribution in [-0.4, -0.2) is 66.8 Å². The Morgan fingerprint density at radius 2 is 2.04 bits per heavy atom. The molecular weight excluding hydrogens is 306 g/mol. The van der Waals surface area contributed by atoms with Crippen molar-refractivity contribution < 1.29 is 4.79 Å². The molecule has 3 rings (SSSR count). The van der Waals surface area contributed by atoms with Crippen molar-refractivity contribution in [2.24, 2.45) is 0 Å². The van der Waals surface area contributed by atoms with Gasteiger partial charge in [0.1, 0.15) is 0 Å². The number of rotatable bonds is 4. The molecule has 1 aromatic carbocycles. The number of thioether (sulfide) groups is 1. The molecule has 1 atom stereocenters. The third-order valence-electron chi connectivity index (χ3n) is 5.23. The first-order chi connectivity index (χ1) is 11.2. The summed E-state index contributed by atoms with van der Waals surface area (Å²) in [6.07, 6.45) is 2.71. The zero-order valence-corrected chi connectivity index (χ0v) is 14.8. The van der Waals surface area contributed by atoms with E-state index in [1.54, 1.807) is 0 Å². The SMILES string of the molecule is CN1CCN(CCSc2ccccc2)C[C@@]12CCNC(=O)CC2. The van der Waals surface area contributed by atoms with E-state index in [-0.39, 0.29) is 11.4 Å². The number of benzene rings is 1. The Bertz CT molecular complexity index is 524. The van der Waals surface area contributed by atoms with Gasteiger partial charge in [0.15, 0.2) is 0 Å². The van der Waals surface area contributed by atoms with Crippen LogP contribution >= 0.6 is 11.8 Å². The summed E-state index contributed by atoms with van der Waals surface area (Å²) in [7, 11) is 2.23. The molecule has 0 aliphatic carbocycles. The van der Waals surface area contributed by atoms with E-state index in [4.69, 9.17) is 0 Å².